The van der Waals surface area contributed by atoms with Crippen LogP contribution in [0.4, 0.5) is 0 Å². The van der Waals surface area contributed by atoms with Crippen molar-refractivity contribution < 1.29 is 28.5 Å². The van der Waals surface area contributed by atoms with Crippen LogP contribution in [0.25, 0.3) is 0 Å². The molecule has 516 valence electrons. The van der Waals surface area contributed by atoms with Crippen molar-refractivity contribution >= 4 is 147 Å². The van der Waals surface area contributed by atoms with Crippen molar-refractivity contribution in [2.75, 3.05) is 26.4 Å². The summed E-state index contributed by atoms with van der Waals surface area (Å²) in [6, 6.07) is 8.77. The first-order valence-electron chi connectivity index (χ1n) is 37.5. The van der Waals surface area contributed by atoms with Gasteiger partial charge in [-0.15, -0.1) is 0 Å². The van der Waals surface area contributed by atoms with Gasteiger partial charge in [0.1, 0.15) is 11.5 Å². The highest BCUT2D eigenvalue weighted by molar-refractivity contribution is 14.1. The van der Waals surface area contributed by atoms with Gasteiger partial charge in [-0.25, -0.2) is 0 Å². The van der Waals surface area contributed by atoms with Gasteiger partial charge in [0.2, 0.25) is 0 Å². The zero-order chi connectivity index (χ0) is 64.0. The summed E-state index contributed by atoms with van der Waals surface area (Å²) < 4.78 is 30.4. The Labute approximate surface area is 631 Å². The molecule has 0 aliphatic heterocycles. The van der Waals surface area contributed by atoms with Gasteiger partial charge in [-0.3, -0.25) is 9.59 Å². The molecule has 89 heavy (non-hydrogen) atoms. The Kier molecular flexibility index (Phi) is 64.7. The summed E-state index contributed by atoms with van der Waals surface area (Å²) in [5, 5.41) is 0. The van der Waals surface area contributed by atoms with Crippen molar-refractivity contribution in [3.8, 4) is 11.5 Å². The maximum absolute atomic E-state index is 12.2. The van der Waals surface area contributed by atoms with Crippen LogP contribution < -0.4 is 9.47 Å². The molecule has 2 rings (SSSR count). The van der Waals surface area contributed by atoms with Crippen molar-refractivity contribution in [2.45, 2.75) is 379 Å². The molecular formula is C77H130I6O6. The Bertz CT molecular complexity index is 1740. The van der Waals surface area contributed by atoms with E-state index in [0.717, 1.165) is 63.2 Å². The smallest absolute Gasteiger partial charge is 0.305 e. The Balaban J connectivity index is 1.14. The number of esters is 2. The lowest BCUT2D eigenvalue weighted by molar-refractivity contribution is -0.146. The molecule has 2 aromatic carbocycles. The van der Waals surface area contributed by atoms with Crippen molar-refractivity contribution in [1.29, 1.82) is 0 Å². The molecule has 0 aliphatic carbocycles. The predicted octanol–water partition coefficient (Wildman–Crippen LogP) is 28.9. The zero-order valence-corrected chi connectivity index (χ0v) is 69.5. The molecule has 0 saturated carbocycles. The van der Waals surface area contributed by atoms with Crippen molar-refractivity contribution in [1.82, 2.24) is 0 Å². The lowest BCUT2D eigenvalue weighted by atomic mass is 10.0. The fourth-order valence-corrected chi connectivity index (χ4v) is 20.0. The highest BCUT2D eigenvalue weighted by Gasteiger charge is 2.11. The second-order valence-corrected chi connectivity index (χ2v) is 33.3. The molecule has 0 unspecified atom stereocenters. The summed E-state index contributed by atoms with van der Waals surface area (Å²) in [4.78, 5) is 24.3. The standard InChI is InChI=1S/C77H130I6O6/c78-68-64-70(80)76(71(81)65-68)88-60-55-51-47-43-39-35-31-27-23-19-15-11-7-3-1-5-9-13-17-21-25-29-33-37-41-45-49-53-58-74(84)86-62-57-63-87-75(85)59-54-50-46-42-38-34-30-26-22-18-14-10-6-2-4-8-12-16-20-24-28-32-36-40-44-48-52-56-61-89-77-72(82)66-69(79)67-73(77)83/h64-67H,1-63H2. The maximum Gasteiger partial charge on any atom is 0.305 e. The summed E-state index contributed by atoms with van der Waals surface area (Å²) in [5.74, 6) is 1.91. The van der Waals surface area contributed by atoms with Crippen LogP contribution in [0.3, 0.4) is 0 Å². The molecule has 2 aromatic rings. The zero-order valence-electron chi connectivity index (χ0n) is 56.6. The summed E-state index contributed by atoms with van der Waals surface area (Å²) in [5.41, 5.74) is 0. The van der Waals surface area contributed by atoms with E-state index in [0.29, 0.717) is 32.5 Å². The summed E-state index contributed by atoms with van der Waals surface area (Å²) in [6.07, 6.45) is 77.8. The Hall–Kier alpha value is 1.36. The van der Waals surface area contributed by atoms with E-state index < -0.39 is 0 Å². The molecule has 0 aromatic heterocycles. The molecule has 0 bridgehead atoms. The molecular weight excluding hydrogens is 1780 g/mol. The molecule has 12 heteroatoms. The van der Waals surface area contributed by atoms with Crippen LogP contribution in [0.15, 0.2) is 24.3 Å². The predicted molar refractivity (Wildman–Crippen MR) is 434 cm³/mol. The van der Waals surface area contributed by atoms with E-state index in [1.54, 1.807) is 0 Å². The molecule has 0 spiro atoms. The molecule has 0 aliphatic rings. The number of hydrogen-bond acceptors (Lipinski definition) is 6. The number of halogens is 6. The monoisotopic (exact) mass is 1910 g/mol. The number of carbonyl (C=O) groups excluding carboxylic acids is 2. The topological polar surface area (TPSA) is 71.1 Å². The molecule has 0 amide bonds. The largest absolute Gasteiger partial charge is 0.491 e. The van der Waals surface area contributed by atoms with Crippen LogP contribution in [0.5, 0.6) is 11.5 Å². The van der Waals surface area contributed by atoms with Crippen LogP contribution in [0.1, 0.15) is 379 Å². The van der Waals surface area contributed by atoms with Gasteiger partial charge in [0.05, 0.1) is 40.7 Å². The van der Waals surface area contributed by atoms with E-state index in [9.17, 15) is 9.59 Å². The van der Waals surface area contributed by atoms with E-state index in [-0.39, 0.29) is 11.9 Å². The Morgan fingerprint density at radius 3 is 0.551 bits per heavy atom. The third-order valence-corrected chi connectivity index (χ3v) is 22.2. The fraction of sp³-hybridized carbons (Fsp3) is 0.818. The number of benzene rings is 2. The van der Waals surface area contributed by atoms with E-state index in [2.05, 4.69) is 160 Å². The van der Waals surface area contributed by atoms with Gasteiger partial charge in [0, 0.05) is 26.4 Å². The fourth-order valence-electron chi connectivity index (χ4n) is 12.2. The second kappa shape index (κ2) is 66.6. The molecule has 0 fully saturated rings. The minimum atomic E-state index is -0.110. The second-order valence-electron chi connectivity index (χ2n) is 26.2. The van der Waals surface area contributed by atoms with Gasteiger partial charge in [0.15, 0.2) is 0 Å². The summed E-state index contributed by atoms with van der Waals surface area (Å²) in [6.45, 7) is 2.37. The number of ether oxygens (including phenoxy) is 4. The quantitative estimate of drug-likeness (QED) is 0.0373. The number of hydrogen-bond donors (Lipinski definition) is 0. The summed E-state index contributed by atoms with van der Waals surface area (Å²) >= 11 is 14.3. The van der Waals surface area contributed by atoms with E-state index in [1.807, 2.05) is 0 Å². The number of carbonyl (C=O) groups is 2. The van der Waals surface area contributed by atoms with Crippen molar-refractivity contribution in [2.24, 2.45) is 0 Å². The lowest BCUT2D eigenvalue weighted by Gasteiger charge is -2.11. The molecule has 0 heterocycles. The highest BCUT2D eigenvalue weighted by Crippen LogP contribution is 2.31. The SMILES string of the molecule is O=C(CCCCCCCCCCCCCCCCCCCCCCCCCCCCCCOc1c(I)cc(I)cc1I)OCCCOC(=O)CCCCCCCCCCCCCCCCCCCCCCCCCCCCCCOc1c(I)cc(I)cc1I. The molecule has 0 N–H and O–H groups in total. The molecule has 0 atom stereocenters. The van der Waals surface area contributed by atoms with Crippen LogP contribution in [0, 0.1) is 21.4 Å². The summed E-state index contributed by atoms with van der Waals surface area (Å²) in [7, 11) is 0. The van der Waals surface area contributed by atoms with Crippen molar-refractivity contribution in [3.63, 3.8) is 0 Å². The van der Waals surface area contributed by atoms with Crippen LogP contribution in [-0.4, -0.2) is 38.4 Å². The lowest BCUT2D eigenvalue weighted by Crippen LogP contribution is -2.10. The molecule has 6 nitrogen and oxygen atoms in total. The van der Waals surface area contributed by atoms with Gasteiger partial charge in [-0.1, -0.05) is 334 Å². The van der Waals surface area contributed by atoms with Crippen LogP contribution in [0.2, 0.25) is 0 Å². The van der Waals surface area contributed by atoms with Crippen LogP contribution in [-0.2, 0) is 19.1 Å². The first kappa shape index (κ1) is 86.4. The van der Waals surface area contributed by atoms with Gasteiger partial charge in [-0.2, -0.15) is 0 Å². The first-order chi connectivity index (χ1) is 43.7. The minimum absolute atomic E-state index is 0.110. The van der Waals surface area contributed by atoms with Gasteiger partial charge >= 0.3 is 11.9 Å². The third kappa shape index (κ3) is 57.0. The van der Waals surface area contributed by atoms with Gasteiger partial charge in [-0.05, 0) is 185 Å². The molecule has 0 radical (unpaired) electrons. The average molecular weight is 1910 g/mol. The normalized spacial score (nSPS) is 11.5. The van der Waals surface area contributed by atoms with E-state index in [4.69, 9.17) is 18.9 Å². The maximum atomic E-state index is 12.2. The average Bonchev–Trinajstić information content (AvgIpc) is 3.10. The van der Waals surface area contributed by atoms with Gasteiger partial charge in [0.25, 0.3) is 0 Å². The Morgan fingerprint density at radius 2 is 0.371 bits per heavy atom. The van der Waals surface area contributed by atoms with E-state index >= 15 is 0 Å². The first-order valence-corrected chi connectivity index (χ1v) is 44.0. The van der Waals surface area contributed by atoms with Gasteiger partial charge < -0.3 is 18.9 Å². The van der Waals surface area contributed by atoms with E-state index in [1.165, 1.54) is 342 Å². The highest BCUT2D eigenvalue weighted by atomic mass is 127. The van der Waals surface area contributed by atoms with Crippen LogP contribution >= 0.6 is 136 Å². The van der Waals surface area contributed by atoms with Crippen molar-refractivity contribution in [3.05, 3.63) is 45.7 Å². The minimum Gasteiger partial charge on any atom is -0.491 e. The number of unbranched alkanes of at least 4 members (excludes halogenated alkanes) is 54. The molecule has 0 saturated heterocycles. The third-order valence-electron chi connectivity index (χ3n) is 17.8. The number of rotatable bonds is 68. The Morgan fingerprint density at radius 1 is 0.213 bits per heavy atom.